The van der Waals surface area contributed by atoms with Gasteiger partial charge in [-0.05, 0) is 12.1 Å². The summed E-state index contributed by atoms with van der Waals surface area (Å²) < 4.78 is 36.7. The van der Waals surface area contributed by atoms with Gasteiger partial charge in [0, 0.05) is 11.9 Å². The molecule has 3 nitrogen and oxygen atoms in total. The van der Waals surface area contributed by atoms with Crippen LogP contribution in [0, 0.1) is 0 Å². The first-order valence-electron chi connectivity index (χ1n) is 4.56. The molecular weight excluding hydrogens is 273 g/mol. The number of hydrogen-bond acceptors (Lipinski definition) is 5. The zero-order valence-corrected chi connectivity index (χ0v) is 9.94. The Morgan fingerprint density at radius 1 is 1.47 bits per heavy atom. The van der Waals surface area contributed by atoms with Gasteiger partial charge in [-0.1, -0.05) is 23.1 Å². The van der Waals surface area contributed by atoms with Gasteiger partial charge in [0.05, 0.1) is 0 Å². The van der Waals surface area contributed by atoms with Crippen LogP contribution in [0.25, 0.3) is 10.3 Å². The number of alkyl halides is 3. The van der Waals surface area contributed by atoms with Gasteiger partial charge in [0.25, 0.3) is 0 Å². The van der Waals surface area contributed by atoms with E-state index in [2.05, 4.69) is 9.97 Å². The molecule has 2 heterocycles. The highest BCUT2D eigenvalue weighted by molar-refractivity contribution is 8.01. The quantitative estimate of drug-likeness (QED) is 0.878. The van der Waals surface area contributed by atoms with E-state index in [1.165, 1.54) is 11.3 Å². The molecule has 0 saturated carbocycles. The van der Waals surface area contributed by atoms with Gasteiger partial charge in [-0.25, -0.2) is 9.97 Å². The lowest BCUT2D eigenvalue weighted by Gasteiger charge is -2.12. The zero-order chi connectivity index (χ0) is 12.5. The monoisotopic (exact) mass is 280 g/mol. The van der Waals surface area contributed by atoms with Crippen LogP contribution in [0.2, 0.25) is 0 Å². The lowest BCUT2D eigenvalue weighted by atomic mass is 10.4. The fourth-order valence-corrected chi connectivity index (χ4v) is 3.03. The molecule has 2 aromatic rings. The van der Waals surface area contributed by atoms with Crippen LogP contribution in [0.3, 0.4) is 0 Å². The predicted octanol–water partition coefficient (Wildman–Crippen LogP) is 2.71. The van der Waals surface area contributed by atoms with Crippen molar-refractivity contribution in [3.63, 3.8) is 0 Å². The highest BCUT2D eigenvalue weighted by atomic mass is 32.2. The number of pyridine rings is 1. The van der Waals surface area contributed by atoms with E-state index in [0.717, 1.165) is 11.8 Å². The molecule has 0 saturated heterocycles. The average Bonchev–Trinajstić information content (AvgIpc) is 2.66. The van der Waals surface area contributed by atoms with Crippen molar-refractivity contribution in [2.45, 2.75) is 16.6 Å². The van der Waals surface area contributed by atoms with Crippen molar-refractivity contribution in [1.82, 2.24) is 9.97 Å². The summed E-state index contributed by atoms with van der Waals surface area (Å²) in [7, 11) is 0. The van der Waals surface area contributed by atoms with Crippen LogP contribution in [-0.4, -0.2) is 33.1 Å². The second kappa shape index (κ2) is 4.79. The number of aliphatic hydroxyl groups is 1. The number of thiazole rings is 1. The van der Waals surface area contributed by atoms with Crippen molar-refractivity contribution < 1.29 is 18.3 Å². The molecule has 0 aromatic carbocycles. The van der Waals surface area contributed by atoms with E-state index in [1.807, 2.05) is 0 Å². The molecule has 0 aliphatic carbocycles. The Labute approximate surface area is 103 Å². The second-order valence-corrected chi connectivity index (χ2v) is 5.42. The first-order valence-corrected chi connectivity index (χ1v) is 6.36. The lowest BCUT2D eigenvalue weighted by Crippen LogP contribution is -2.30. The number of rotatable bonds is 3. The van der Waals surface area contributed by atoms with Gasteiger partial charge in [0.1, 0.15) is 10.3 Å². The first kappa shape index (κ1) is 12.6. The number of thioether (sulfide) groups is 1. The molecule has 1 N–H and O–H groups in total. The Balaban J connectivity index is 2.04. The molecule has 0 amide bonds. The van der Waals surface area contributed by atoms with Gasteiger partial charge in [0.15, 0.2) is 10.4 Å². The van der Waals surface area contributed by atoms with Gasteiger partial charge in [-0.15, -0.1) is 0 Å². The Morgan fingerprint density at radius 2 is 2.24 bits per heavy atom. The molecule has 2 aromatic heterocycles. The van der Waals surface area contributed by atoms with Crippen molar-refractivity contribution >= 4 is 33.4 Å². The molecule has 8 heteroatoms. The Kier molecular flexibility index (Phi) is 3.55. The Hall–Kier alpha value is -0.860. The van der Waals surface area contributed by atoms with E-state index in [1.54, 1.807) is 18.3 Å². The molecular formula is C9H7F3N2OS2. The molecule has 0 aliphatic heterocycles. The summed E-state index contributed by atoms with van der Waals surface area (Å²) in [5, 5.41) is 8.84. The fourth-order valence-electron chi connectivity index (χ4n) is 1.06. The van der Waals surface area contributed by atoms with Crippen LogP contribution in [0.5, 0.6) is 0 Å². The summed E-state index contributed by atoms with van der Waals surface area (Å²) in [4.78, 5) is 8.82. The van der Waals surface area contributed by atoms with Gasteiger partial charge in [-0.2, -0.15) is 13.2 Å². The third-order valence-corrected chi connectivity index (χ3v) is 4.09. The predicted molar refractivity (Wildman–Crippen MR) is 60.2 cm³/mol. The molecule has 0 radical (unpaired) electrons. The first-order chi connectivity index (χ1) is 7.97. The van der Waals surface area contributed by atoms with Crippen LogP contribution >= 0.6 is 23.1 Å². The molecule has 0 bridgehead atoms. The molecule has 1 atom stereocenters. The number of fused-ring (bicyclic) bond motifs is 1. The van der Waals surface area contributed by atoms with Crippen LogP contribution < -0.4 is 0 Å². The molecule has 2 rings (SSSR count). The molecule has 0 unspecified atom stereocenters. The van der Waals surface area contributed by atoms with Crippen molar-refractivity contribution in [3.8, 4) is 0 Å². The zero-order valence-electron chi connectivity index (χ0n) is 8.31. The fraction of sp³-hybridized carbons (Fsp3) is 0.333. The summed E-state index contributed by atoms with van der Waals surface area (Å²) in [5.74, 6) is -0.455. The SMILES string of the molecule is O[C@@H](CSc1nc2cccnc2s1)C(F)(F)F. The summed E-state index contributed by atoms with van der Waals surface area (Å²) in [6, 6.07) is 3.45. The number of aliphatic hydroxyl groups excluding tert-OH is 1. The molecule has 0 fully saturated rings. The summed E-state index contributed by atoms with van der Waals surface area (Å²) in [6.45, 7) is 0. The van der Waals surface area contributed by atoms with E-state index >= 15 is 0 Å². The average molecular weight is 280 g/mol. The standard InChI is InChI=1S/C9H7F3N2OS2/c10-9(11,12)6(15)4-16-8-14-5-2-1-3-13-7(5)17-8/h1-3,6,15H,4H2/t6-/m0/s1. The Morgan fingerprint density at radius 3 is 2.88 bits per heavy atom. The smallest absolute Gasteiger partial charge is 0.383 e. The van der Waals surface area contributed by atoms with E-state index in [-0.39, 0.29) is 0 Å². The molecule has 0 aliphatic rings. The van der Waals surface area contributed by atoms with Crippen LogP contribution in [0.4, 0.5) is 13.2 Å². The molecule has 17 heavy (non-hydrogen) atoms. The van der Waals surface area contributed by atoms with Gasteiger partial charge >= 0.3 is 6.18 Å². The lowest BCUT2D eigenvalue weighted by molar-refractivity contribution is -0.195. The number of nitrogens with zero attached hydrogens (tertiary/aromatic N) is 2. The largest absolute Gasteiger partial charge is 0.415 e. The number of aromatic nitrogens is 2. The minimum Gasteiger partial charge on any atom is -0.383 e. The molecule has 0 spiro atoms. The topological polar surface area (TPSA) is 46.0 Å². The van der Waals surface area contributed by atoms with Crippen molar-refractivity contribution in [2.75, 3.05) is 5.75 Å². The maximum atomic E-state index is 12.1. The van der Waals surface area contributed by atoms with E-state index < -0.39 is 18.0 Å². The second-order valence-electron chi connectivity index (χ2n) is 3.18. The van der Waals surface area contributed by atoms with Crippen LogP contribution in [-0.2, 0) is 0 Å². The normalized spacial score (nSPS) is 14.1. The Bertz CT molecular complexity index is 481. The third-order valence-electron chi connectivity index (χ3n) is 1.89. The highest BCUT2D eigenvalue weighted by Crippen LogP contribution is 2.31. The van der Waals surface area contributed by atoms with E-state index in [0.29, 0.717) is 14.7 Å². The minimum atomic E-state index is -4.58. The van der Waals surface area contributed by atoms with Crippen LogP contribution in [0.15, 0.2) is 22.7 Å². The third kappa shape index (κ3) is 3.08. The number of hydrogen-bond donors (Lipinski definition) is 1. The van der Waals surface area contributed by atoms with Crippen molar-refractivity contribution in [2.24, 2.45) is 0 Å². The van der Waals surface area contributed by atoms with Crippen molar-refractivity contribution in [1.29, 1.82) is 0 Å². The maximum absolute atomic E-state index is 12.1. The summed E-state index contributed by atoms with van der Waals surface area (Å²) >= 11 is 2.09. The van der Waals surface area contributed by atoms with Gasteiger partial charge in [-0.3, -0.25) is 0 Å². The van der Waals surface area contributed by atoms with Crippen molar-refractivity contribution in [3.05, 3.63) is 18.3 Å². The maximum Gasteiger partial charge on any atom is 0.415 e. The minimum absolute atomic E-state index is 0.455. The van der Waals surface area contributed by atoms with Gasteiger partial charge in [0.2, 0.25) is 0 Å². The summed E-state index contributed by atoms with van der Waals surface area (Å²) in [5.41, 5.74) is 0.654. The van der Waals surface area contributed by atoms with Crippen LogP contribution in [0.1, 0.15) is 0 Å². The summed E-state index contributed by atoms with van der Waals surface area (Å²) in [6.07, 6.45) is -5.31. The van der Waals surface area contributed by atoms with E-state index in [9.17, 15) is 13.2 Å². The highest BCUT2D eigenvalue weighted by Gasteiger charge is 2.38. The molecule has 92 valence electrons. The van der Waals surface area contributed by atoms with E-state index in [4.69, 9.17) is 5.11 Å². The van der Waals surface area contributed by atoms with Gasteiger partial charge < -0.3 is 5.11 Å². The number of halogens is 3.